The van der Waals surface area contributed by atoms with Gasteiger partial charge in [0.2, 0.25) is 5.91 Å². The van der Waals surface area contributed by atoms with E-state index in [9.17, 15) is 4.79 Å². The van der Waals surface area contributed by atoms with Gasteiger partial charge in [-0.25, -0.2) is 0 Å². The summed E-state index contributed by atoms with van der Waals surface area (Å²) in [6, 6.07) is 16.0. The summed E-state index contributed by atoms with van der Waals surface area (Å²) in [5.41, 5.74) is 2.74. The number of nitrogens with one attached hydrogen (secondary N) is 1. The van der Waals surface area contributed by atoms with Gasteiger partial charge in [0.1, 0.15) is 5.75 Å². The molecule has 0 saturated heterocycles. The monoisotopic (exact) mass is 412 g/mol. The molecule has 0 unspecified atom stereocenters. The maximum atomic E-state index is 12.8. The molecule has 0 saturated carbocycles. The van der Waals surface area contributed by atoms with Crippen LogP contribution in [0.3, 0.4) is 0 Å². The molecule has 2 aromatic carbocycles. The lowest BCUT2D eigenvalue weighted by molar-refractivity contribution is -0.128. The minimum absolute atomic E-state index is 0.0661. The van der Waals surface area contributed by atoms with Crippen LogP contribution in [0.5, 0.6) is 5.75 Å². The van der Waals surface area contributed by atoms with Crippen molar-refractivity contribution in [1.82, 2.24) is 5.32 Å². The fourth-order valence-corrected chi connectivity index (χ4v) is 3.38. The van der Waals surface area contributed by atoms with Gasteiger partial charge in [-0.05, 0) is 75.2 Å². The number of nitrogens with zero attached hydrogens (tertiary/aromatic N) is 1. The van der Waals surface area contributed by atoms with Crippen molar-refractivity contribution in [3.05, 3.63) is 59.7 Å². The Hall–Kier alpha value is -2.40. The maximum Gasteiger partial charge on any atom is 0.231 e. The Kier molecular flexibility index (Phi) is 8.21. The van der Waals surface area contributed by atoms with Gasteiger partial charge in [-0.1, -0.05) is 44.2 Å². The number of amides is 1. The highest BCUT2D eigenvalue weighted by Gasteiger charge is 2.28. The van der Waals surface area contributed by atoms with Gasteiger partial charge in [-0.2, -0.15) is 0 Å². The third-order valence-electron chi connectivity index (χ3n) is 5.01. The normalized spacial score (nSPS) is 11.1. The van der Waals surface area contributed by atoms with Gasteiger partial charge in [0.15, 0.2) is 5.11 Å². The summed E-state index contributed by atoms with van der Waals surface area (Å²) < 4.78 is 5.92. The number of rotatable bonds is 8. The molecule has 0 aliphatic carbocycles. The third-order valence-corrected chi connectivity index (χ3v) is 5.33. The van der Waals surface area contributed by atoms with Crippen molar-refractivity contribution in [2.75, 3.05) is 18.1 Å². The Morgan fingerprint density at radius 3 is 2.48 bits per heavy atom. The summed E-state index contributed by atoms with van der Waals surface area (Å²) in [5, 5.41) is 3.36. The fraction of sp³-hybridized carbons (Fsp3) is 0.417. The number of benzene rings is 2. The van der Waals surface area contributed by atoms with Gasteiger partial charge >= 0.3 is 0 Å². The lowest BCUT2D eigenvalue weighted by Crippen LogP contribution is -2.47. The summed E-state index contributed by atoms with van der Waals surface area (Å²) in [6.45, 7) is 11.3. The Balaban J connectivity index is 1.87. The first kappa shape index (κ1) is 22.9. The van der Waals surface area contributed by atoms with E-state index < -0.39 is 5.41 Å². The molecule has 4 nitrogen and oxygen atoms in total. The van der Waals surface area contributed by atoms with Crippen LogP contribution in [0.25, 0.3) is 0 Å². The Bertz CT molecular complexity index is 834. The second kappa shape index (κ2) is 10.4. The molecular weight excluding hydrogens is 380 g/mol. The van der Waals surface area contributed by atoms with E-state index in [2.05, 4.69) is 30.4 Å². The van der Waals surface area contributed by atoms with E-state index in [4.69, 9.17) is 17.0 Å². The van der Waals surface area contributed by atoms with E-state index in [0.717, 1.165) is 23.4 Å². The number of carbonyl (C=O) groups is 1. The zero-order valence-electron chi connectivity index (χ0n) is 18.1. The molecule has 0 aliphatic rings. The quantitative estimate of drug-likeness (QED) is 0.464. The molecule has 0 aliphatic heterocycles. The van der Waals surface area contributed by atoms with Gasteiger partial charge in [0.25, 0.3) is 0 Å². The first-order valence-corrected chi connectivity index (χ1v) is 10.5. The second-order valence-corrected chi connectivity index (χ2v) is 8.33. The van der Waals surface area contributed by atoms with Gasteiger partial charge in [0, 0.05) is 17.6 Å². The number of ether oxygens (including phenoxy) is 1. The van der Waals surface area contributed by atoms with Crippen LogP contribution in [-0.2, 0) is 4.79 Å². The minimum atomic E-state index is -0.537. The number of hydrogen-bond donors (Lipinski definition) is 1. The molecule has 0 heterocycles. The van der Waals surface area contributed by atoms with E-state index >= 15 is 0 Å². The topological polar surface area (TPSA) is 41.6 Å². The lowest BCUT2D eigenvalue weighted by Gasteiger charge is -2.28. The number of carbonyl (C=O) groups excluding carboxylic acids is 1. The summed E-state index contributed by atoms with van der Waals surface area (Å²) in [7, 11) is 0. The van der Waals surface area contributed by atoms with Crippen LogP contribution in [0.1, 0.15) is 44.7 Å². The molecule has 0 bridgehead atoms. The smallest absolute Gasteiger partial charge is 0.231 e. The van der Waals surface area contributed by atoms with Crippen molar-refractivity contribution >= 4 is 28.9 Å². The molecule has 29 heavy (non-hydrogen) atoms. The minimum Gasteiger partial charge on any atom is -0.493 e. The molecule has 5 heteroatoms. The van der Waals surface area contributed by atoms with E-state index in [1.807, 2.05) is 62.9 Å². The van der Waals surface area contributed by atoms with Crippen molar-refractivity contribution in [3.8, 4) is 5.75 Å². The summed E-state index contributed by atoms with van der Waals surface area (Å²) in [4.78, 5) is 14.7. The third kappa shape index (κ3) is 6.57. The first-order chi connectivity index (χ1) is 13.7. The Labute approximate surface area is 180 Å². The zero-order chi connectivity index (χ0) is 21.4. The first-order valence-electron chi connectivity index (χ1n) is 10.1. The van der Waals surface area contributed by atoms with Gasteiger partial charge < -0.3 is 15.0 Å². The summed E-state index contributed by atoms with van der Waals surface area (Å²) in [6.07, 6.45) is 1.50. The number of hydrogen-bond acceptors (Lipinski definition) is 3. The average Bonchev–Trinajstić information content (AvgIpc) is 2.69. The van der Waals surface area contributed by atoms with Crippen LogP contribution in [0.2, 0.25) is 0 Å². The highest BCUT2D eigenvalue weighted by molar-refractivity contribution is 7.80. The number of para-hydroxylation sites is 1. The van der Waals surface area contributed by atoms with Crippen LogP contribution in [0.15, 0.2) is 48.5 Å². The average molecular weight is 413 g/mol. The van der Waals surface area contributed by atoms with Crippen LogP contribution < -0.4 is 15.0 Å². The largest absolute Gasteiger partial charge is 0.493 e. The molecule has 1 N–H and O–H groups in total. The maximum absolute atomic E-state index is 12.8. The van der Waals surface area contributed by atoms with Crippen molar-refractivity contribution in [1.29, 1.82) is 0 Å². The molecule has 0 aromatic heterocycles. The number of anilines is 1. The highest BCUT2D eigenvalue weighted by atomic mass is 32.1. The van der Waals surface area contributed by atoms with E-state index in [1.54, 1.807) is 0 Å². The predicted molar refractivity (Wildman–Crippen MR) is 125 cm³/mol. The van der Waals surface area contributed by atoms with Crippen molar-refractivity contribution in [3.63, 3.8) is 0 Å². The van der Waals surface area contributed by atoms with Crippen LogP contribution in [-0.4, -0.2) is 24.2 Å². The molecule has 0 atom stereocenters. The molecule has 0 fully saturated rings. The van der Waals surface area contributed by atoms with Crippen LogP contribution in [0, 0.1) is 19.3 Å². The van der Waals surface area contributed by atoms with E-state index in [0.29, 0.717) is 24.7 Å². The van der Waals surface area contributed by atoms with Crippen molar-refractivity contribution in [2.45, 2.75) is 47.5 Å². The molecule has 0 spiro atoms. The SMILES string of the molecule is CCN(C(=S)NC(=O)C(C)(C)CCCOc1cc(C)ccc1C)c1ccccc1. The van der Waals surface area contributed by atoms with Crippen LogP contribution in [0.4, 0.5) is 5.69 Å². The lowest BCUT2D eigenvalue weighted by atomic mass is 9.87. The van der Waals surface area contributed by atoms with Gasteiger partial charge in [0.05, 0.1) is 6.61 Å². The molecule has 2 aromatic rings. The second-order valence-electron chi connectivity index (χ2n) is 7.94. The van der Waals surface area contributed by atoms with Gasteiger partial charge in [-0.15, -0.1) is 0 Å². The van der Waals surface area contributed by atoms with Gasteiger partial charge in [-0.3, -0.25) is 4.79 Å². The molecule has 1 amide bonds. The molecule has 0 radical (unpaired) electrons. The van der Waals surface area contributed by atoms with E-state index in [1.165, 1.54) is 5.56 Å². The fourth-order valence-electron chi connectivity index (χ4n) is 3.06. The Morgan fingerprint density at radius 2 is 1.83 bits per heavy atom. The van der Waals surface area contributed by atoms with Crippen molar-refractivity contribution < 1.29 is 9.53 Å². The molecule has 2 rings (SSSR count). The predicted octanol–water partition coefficient (Wildman–Crippen LogP) is 5.42. The highest BCUT2D eigenvalue weighted by Crippen LogP contribution is 2.24. The summed E-state index contributed by atoms with van der Waals surface area (Å²) >= 11 is 5.50. The summed E-state index contributed by atoms with van der Waals surface area (Å²) in [5.74, 6) is 0.846. The molecular formula is C24H32N2O2S. The van der Waals surface area contributed by atoms with Crippen molar-refractivity contribution in [2.24, 2.45) is 5.41 Å². The zero-order valence-corrected chi connectivity index (χ0v) is 18.9. The molecule has 156 valence electrons. The standard InChI is InChI=1S/C24H32N2O2S/c1-6-26(20-11-8-7-9-12-20)23(29)25-22(27)24(4,5)15-10-16-28-21-17-18(2)13-14-19(21)3/h7-9,11-14,17H,6,10,15-16H2,1-5H3,(H,25,27,29). The number of aryl methyl sites for hydroxylation is 2. The van der Waals surface area contributed by atoms with E-state index in [-0.39, 0.29) is 5.91 Å². The van der Waals surface area contributed by atoms with Crippen LogP contribution >= 0.6 is 12.2 Å². The number of thiocarbonyl (C=S) groups is 1. The Morgan fingerprint density at radius 1 is 1.14 bits per heavy atom.